The molecule has 1 aromatic rings. The molecule has 3 nitrogen and oxygen atoms in total. The quantitative estimate of drug-likeness (QED) is 0.759. The molecule has 1 atom stereocenters. The number of nitrogens with zero attached hydrogens (tertiary/aromatic N) is 1. The summed E-state index contributed by atoms with van der Waals surface area (Å²) in [7, 11) is 3.85. The number of halogens is 1. The summed E-state index contributed by atoms with van der Waals surface area (Å²) in [5.74, 6) is -0.299. The molecule has 0 saturated heterocycles. The van der Waals surface area contributed by atoms with Gasteiger partial charge in [-0.05, 0) is 20.2 Å². The Bertz CT molecular complexity index is 366. The molecule has 0 N–H and O–H groups in total. The third-order valence-corrected chi connectivity index (χ3v) is 2.44. The van der Waals surface area contributed by atoms with Gasteiger partial charge in [0, 0.05) is 24.1 Å². The Labute approximate surface area is 101 Å². The van der Waals surface area contributed by atoms with Crippen LogP contribution >= 0.6 is 11.6 Å². The second kappa shape index (κ2) is 5.87. The lowest BCUT2D eigenvalue weighted by Crippen LogP contribution is -2.23. The van der Waals surface area contributed by atoms with Crippen molar-refractivity contribution in [2.24, 2.45) is 0 Å². The van der Waals surface area contributed by atoms with Gasteiger partial charge < -0.3 is 9.64 Å². The largest absolute Gasteiger partial charge is 0.456 e. The van der Waals surface area contributed by atoms with E-state index in [1.165, 1.54) is 6.92 Å². The van der Waals surface area contributed by atoms with Gasteiger partial charge in [0.2, 0.25) is 0 Å². The van der Waals surface area contributed by atoms with E-state index in [4.69, 9.17) is 16.3 Å². The van der Waals surface area contributed by atoms with Crippen molar-refractivity contribution in [1.82, 2.24) is 4.90 Å². The molecule has 0 fully saturated rings. The van der Waals surface area contributed by atoms with Crippen molar-refractivity contribution >= 4 is 17.6 Å². The summed E-state index contributed by atoms with van der Waals surface area (Å²) in [6, 6.07) is 7.40. The molecular formula is C12H16ClNO2. The highest BCUT2D eigenvalue weighted by Crippen LogP contribution is 2.25. The fourth-order valence-corrected chi connectivity index (χ4v) is 1.72. The normalized spacial score (nSPS) is 12.6. The first-order valence-corrected chi connectivity index (χ1v) is 5.45. The third kappa shape index (κ3) is 3.83. The Hall–Kier alpha value is -1.06. The maximum absolute atomic E-state index is 11.0. The lowest BCUT2D eigenvalue weighted by atomic mass is 10.1. The summed E-state index contributed by atoms with van der Waals surface area (Å²) in [4.78, 5) is 13.0. The maximum atomic E-state index is 11.0. The van der Waals surface area contributed by atoms with Crippen LogP contribution in [0.4, 0.5) is 0 Å². The average molecular weight is 242 g/mol. The predicted octanol–water partition coefficient (Wildman–Crippen LogP) is 2.51. The monoisotopic (exact) mass is 241 g/mol. The summed E-state index contributed by atoms with van der Waals surface area (Å²) in [5.41, 5.74) is 0.841. The first-order valence-electron chi connectivity index (χ1n) is 5.07. The molecule has 0 spiro atoms. The van der Waals surface area contributed by atoms with Gasteiger partial charge in [-0.1, -0.05) is 29.8 Å². The van der Waals surface area contributed by atoms with Crippen LogP contribution in [0.3, 0.4) is 0 Å². The van der Waals surface area contributed by atoms with Crippen molar-refractivity contribution in [2.45, 2.75) is 13.0 Å². The standard InChI is InChI=1S/C12H16ClNO2/c1-9(15)16-12(8-14(2)3)10-6-4-5-7-11(10)13/h4-7,12H,8H2,1-3H3. The van der Waals surface area contributed by atoms with Gasteiger partial charge in [0.1, 0.15) is 6.10 Å². The minimum Gasteiger partial charge on any atom is -0.456 e. The van der Waals surface area contributed by atoms with Gasteiger partial charge in [0.15, 0.2) is 0 Å². The Kier molecular flexibility index (Phi) is 4.77. The Morgan fingerprint density at radius 2 is 2.06 bits per heavy atom. The van der Waals surface area contributed by atoms with E-state index < -0.39 is 0 Å². The van der Waals surface area contributed by atoms with Crippen LogP contribution in [0.1, 0.15) is 18.6 Å². The lowest BCUT2D eigenvalue weighted by molar-refractivity contribution is -0.147. The minimum absolute atomic E-state index is 0.299. The van der Waals surface area contributed by atoms with E-state index in [9.17, 15) is 4.79 Å². The van der Waals surface area contributed by atoms with E-state index in [2.05, 4.69) is 0 Å². The molecule has 1 rings (SSSR count). The topological polar surface area (TPSA) is 29.5 Å². The SMILES string of the molecule is CC(=O)OC(CN(C)C)c1ccccc1Cl. The second-order valence-corrected chi connectivity index (χ2v) is 4.29. The van der Waals surface area contributed by atoms with E-state index in [-0.39, 0.29) is 12.1 Å². The van der Waals surface area contributed by atoms with Gasteiger partial charge in [-0.15, -0.1) is 0 Å². The van der Waals surface area contributed by atoms with E-state index in [0.717, 1.165) is 5.56 Å². The molecule has 88 valence electrons. The van der Waals surface area contributed by atoms with Crippen LogP contribution in [0.15, 0.2) is 24.3 Å². The van der Waals surface area contributed by atoms with E-state index in [0.29, 0.717) is 11.6 Å². The molecule has 0 saturated carbocycles. The van der Waals surface area contributed by atoms with E-state index in [1.807, 2.05) is 37.2 Å². The Morgan fingerprint density at radius 1 is 1.44 bits per heavy atom. The summed E-state index contributed by atoms with van der Waals surface area (Å²) >= 11 is 6.08. The Balaban J connectivity index is 2.91. The van der Waals surface area contributed by atoms with Crippen LogP contribution in [-0.2, 0) is 9.53 Å². The first kappa shape index (κ1) is 13.0. The van der Waals surface area contributed by atoms with Gasteiger partial charge in [-0.3, -0.25) is 4.79 Å². The molecule has 0 heterocycles. The minimum atomic E-state index is -0.318. The third-order valence-electron chi connectivity index (χ3n) is 2.09. The van der Waals surface area contributed by atoms with Gasteiger partial charge in [0.05, 0.1) is 0 Å². The highest BCUT2D eigenvalue weighted by molar-refractivity contribution is 6.31. The molecule has 0 aromatic heterocycles. The maximum Gasteiger partial charge on any atom is 0.303 e. The number of benzene rings is 1. The van der Waals surface area contributed by atoms with Gasteiger partial charge >= 0.3 is 5.97 Å². The summed E-state index contributed by atoms with van der Waals surface area (Å²) in [6.45, 7) is 2.02. The fourth-order valence-electron chi connectivity index (χ4n) is 1.47. The van der Waals surface area contributed by atoms with Crippen LogP contribution in [-0.4, -0.2) is 31.5 Å². The van der Waals surface area contributed by atoms with Crippen LogP contribution in [0.2, 0.25) is 5.02 Å². The number of ether oxygens (including phenoxy) is 1. The van der Waals surface area contributed by atoms with Crippen molar-refractivity contribution < 1.29 is 9.53 Å². The van der Waals surface area contributed by atoms with Crippen molar-refractivity contribution in [3.63, 3.8) is 0 Å². The molecule has 0 amide bonds. The van der Waals surface area contributed by atoms with Crippen LogP contribution in [0, 0.1) is 0 Å². The summed E-state index contributed by atoms with van der Waals surface area (Å²) in [6.07, 6.45) is -0.318. The average Bonchev–Trinajstić information content (AvgIpc) is 2.15. The van der Waals surface area contributed by atoms with Gasteiger partial charge in [0.25, 0.3) is 0 Å². The molecule has 1 unspecified atom stereocenters. The Morgan fingerprint density at radius 3 is 2.56 bits per heavy atom. The number of esters is 1. The number of rotatable bonds is 4. The lowest BCUT2D eigenvalue weighted by Gasteiger charge is -2.22. The molecule has 4 heteroatoms. The molecule has 1 aromatic carbocycles. The zero-order valence-corrected chi connectivity index (χ0v) is 10.5. The van der Waals surface area contributed by atoms with Crippen molar-refractivity contribution in [3.8, 4) is 0 Å². The molecule has 16 heavy (non-hydrogen) atoms. The van der Waals surface area contributed by atoms with Gasteiger partial charge in [-0.2, -0.15) is 0 Å². The summed E-state index contributed by atoms with van der Waals surface area (Å²) in [5, 5.41) is 0.621. The van der Waals surface area contributed by atoms with Crippen molar-refractivity contribution in [3.05, 3.63) is 34.9 Å². The fraction of sp³-hybridized carbons (Fsp3) is 0.417. The van der Waals surface area contributed by atoms with Gasteiger partial charge in [-0.25, -0.2) is 0 Å². The van der Waals surface area contributed by atoms with Crippen LogP contribution < -0.4 is 0 Å². The van der Waals surface area contributed by atoms with E-state index in [1.54, 1.807) is 6.07 Å². The van der Waals surface area contributed by atoms with Crippen molar-refractivity contribution in [2.75, 3.05) is 20.6 Å². The molecule has 0 aliphatic carbocycles. The highest BCUT2D eigenvalue weighted by atomic mass is 35.5. The number of hydrogen-bond acceptors (Lipinski definition) is 3. The van der Waals surface area contributed by atoms with Crippen molar-refractivity contribution in [1.29, 1.82) is 0 Å². The van der Waals surface area contributed by atoms with Crippen LogP contribution in [0.5, 0.6) is 0 Å². The zero-order valence-electron chi connectivity index (χ0n) is 9.74. The molecule has 0 aliphatic rings. The smallest absolute Gasteiger partial charge is 0.303 e. The first-order chi connectivity index (χ1) is 7.50. The number of carbonyl (C=O) groups is 1. The number of carbonyl (C=O) groups excluding carboxylic acids is 1. The van der Waals surface area contributed by atoms with E-state index >= 15 is 0 Å². The number of likely N-dealkylation sites (N-methyl/N-ethyl adjacent to an activating group) is 1. The predicted molar refractivity (Wildman–Crippen MR) is 64.5 cm³/mol. The molecule has 0 radical (unpaired) electrons. The molecular weight excluding hydrogens is 226 g/mol. The number of hydrogen-bond donors (Lipinski definition) is 0. The zero-order chi connectivity index (χ0) is 12.1. The highest BCUT2D eigenvalue weighted by Gasteiger charge is 2.18. The molecule has 0 aliphatic heterocycles. The van der Waals surface area contributed by atoms with Crippen LogP contribution in [0.25, 0.3) is 0 Å². The molecule has 0 bridgehead atoms. The second-order valence-electron chi connectivity index (χ2n) is 3.88. The summed E-state index contributed by atoms with van der Waals surface area (Å²) < 4.78 is 5.26.